The maximum atomic E-state index is 10.8. The third-order valence-electron chi connectivity index (χ3n) is 2.18. The topological polar surface area (TPSA) is 54.4 Å². The fourth-order valence-electron chi connectivity index (χ4n) is 1.51. The van der Waals surface area contributed by atoms with Crippen molar-refractivity contribution in [3.63, 3.8) is 0 Å². The van der Waals surface area contributed by atoms with Crippen molar-refractivity contribution >= 4 is 12.3 Å². The number of ketones is 1. The lowest BCUT2D eigenvalue weighted by Gasteiger charge is -2.17. The van der Waals surface area contributed by atoms with Gasteiger partial charge in [0.2, 0.25) is 0 Å². The molecular formula is C9H16O3. The number of Topliss-reactive ketones (excluding diaryl/α,β-unsaturated/α-hetero) is 1. The zero-order valence-electron chi connectivity index (χ0n) is 7.45. The number of hydrogen-bond acceptors (Lipinski definition) is 2. The van der Waals surface area contributed by atoms with Crippen molar-refractivity contribution in [2.45, 2.75) is 39.0 Å². The van der Waals surface area contributed by atoms with Crippen LogP contribution in [-0.2, 0) is 9.59 Å². The van der Waals surface area contributed by atoms with Crippen molar-refractivity contribution in [1.82, 2.24) is 0 Å². The molecule has 1 aliphatic rings. The zero-order valence-corrected chi connectivity index (χ0v) is 7.45. The van der Waals surface area contributed by atoms with Gasteiger partial charge in [-0.25, -0.2) is 0 Å². The van der Waals surface area contributed by atoms with E-state index in [9.17, 15) is 4.79 Å². The summed E-state index contributed by atoms with van der Waals surface area (Å²) in [7, 11) is 0. The second-order valence-electron chi connectivity index (χ2n) is 3.05. The summed E-state index contributed by atoms with van der Waals surface area (Å²) in [5.74, 6) is 0.813. The minimum Gasteiger partial charge on any atom is -0.483 e. The molecule has 1 saturated carbocycles. The van der Waals surface area contributed by atoms with E-state index in [0.717, 1.165) is 12.8 Å². The van der Waals surface area contributed by atoms with Crippen LogP contribution in [0.4, 0.5) is 0 Å². The molecule has 0 spiro atoms. The van der Waals surface area contributed by atoms with Crippen molar-refractivity contribution in [2.24, 2.45) is 5.92 Å². The van der Waals surface area contributed by atoms with E-state index in [0.29, 0.717) is 11.7 Å². The molecule has 12 heavy (non-hydrogen) atoms. The Bertz CT molecular complexity index is 137. The lowest BCUT2D eigenvalue weighted by molar-refractivity contribution is -0.123. The van der Waals surface area contributed by atoms with Gasteiger partial charge in [0, 0.05) is 5.92 Å². The van der Waals surface area contributed by atoms with Gasteiger partial charge in [0.1, 0.15) is 5.78 Å². The van der Waals surface area contributed by atoms with Gasteiger partial charge in [0.15, 0.2) is 0 Å². The Morgan fingerprint density at radius 2 is 1.75 bits per heavy atom. The van der Waals surface area contributed by atoms with Gasteiger partial charge in [-0.2, -0.15) is 0 Å². The monoisotopic (exact) mass is 172 g/mol. The third-order valence-corrected chi connectivity index (χ3v) is 2.18. The first kappa shape index (κ1) is 11.1. The van der Waals surface area contributed by atoms with Gasteiger partial charge in [0.25, 0.3) is 6.47 Å². The molecule has 0 atom stereocenters. The molecule has 1 fully saturated rings. The summed E-state index contributed by atoms with van der Waals surface area (Å²) in [6, 6.07) is 0. The molecule has 1 rings (SSSR count). The third kappa shape index (κ3) is 4.88. The highest BCUT2D eigenvalue weighted by Gasteiger charge is 2.16. The van der Waals surface area contributed by atoms with Gasteiger partial charge >= 0.3 is 0 Å². The van der Waals surface area contributed by atoms with Crippen molar-refractivity contribution in [1.29, 1.82) is 0 Å². The Labute approximate surface area is 72.8 Å². The first-order chi connectivity index (χ1) is 5.72. The highest BCUT2D eigenvalue weighted by molar-refractivity contribution is 5.78. The molecule has 0 aromatic carbocycles. The summed E-state index contributed by atoms with van der Waals surface area (Å²) in [6.45, 7) is 1.47. The highest BCUT2D eigenvalue weighted by atomic mass is 16.3. The summed E-state index contributed by atoms with van der Waals surface area (Å²) in [4.78, 5) is 19.2. The zero-order chi connectivity index (χ0) is 9.40. The fraction of sp³-hybridized carbons (Fsp3) is 0.778. The largest absolute Gasteiger partial charge is 0.483 e. The molecule has 0 saturated heterocycles. The van der Waals surface area contributed by atoms with Gasteiger partial charge < -0.3 is 5.11 Å². The van der Waals surface area contributed by atoms with Crippen LogP contribution in [0.3, 0.4) is 0 Å². The number of carbonyl (C=O) groups excluding carboxylic acids is 1. The summed E-state index contributed by atoms with van der Waals surface area (Å²) in [5.41, 5.74) is 0. The van der Waals surface area contributed by atoms with Gasteiger partial charge in [0.05, 0.1) is 0 Å². The van der Waals surface area contributed by atoms with Crippen LogP contribution in [0.25, 0.3) is 0 Å². The Morgan fingerprint density at radius 1 is 1.33 bits per heavy atom. The maximum absolute atomic E-state index is 10.8. The van der Waals surface area contributed by atoms with E-state index in [1.165, 1.54) is 19.3 Å². The Balaban J connectivity index is 0.000000354. The van der Waals surface area contributed by atoms with Crippen LogP contribution >= 0.6 is 0 Å². The van der Waals surface area contributed by atoms with E-state index in [1.54, 1.807) is 6.92 Å². The van der Waals surface area contributed by atoms with Crippen LogP contribution < -0.4 is 0 Å². The molecule has 0 unspecified atom stereocenters. The van der Waals surface area contributed by atoms with Gasteiger partial charge in [-0.1, -0.05) is 19.3 Å². The molecule has 0 aliphatic heterocycles. The smallest absolute Gasteiger partial charge is 0.290 e. The van der Waals surface area contributed by atoms with Crippen molar-refractivity contribution in [2.75, 3.05) is 0 Å². The first-order valence-corrected chi connectivity index (χ1v) is 4.30. The quantitative estimate of drug-likeness (QED) is 0.614. The predicted molar refractivity (Wildman–Crippen MR) is 45.9 cm³/mol. The van der Waals surface area contributed by atoms with Crippen molar-refractivity contribution in [3.8, 4) is 0 Å². The molecule has 1 N–H and O–H groups in total. The first-order valence-electron chi connectivity index (χ1n) is 4.30. The summed E-state index contributed by atoms with van der Waals surface area (Å²) < 4.78 is 0. The molecule has 0 aromatic rings. The van der Waals surface area contributed by atoms with Crippen molar-refractivity contribution < 1.29 is 14.7 Å². The lowest BCUT2D eigenvalue weighted by atomic mass is 9.87. The van der Waals surface area contributed by atoms with Gasteiger partial charge in [-0.05, 0) is 19.8 Å². The Kier molecular flexibility index (Phi) is 6.34. The summed E-state index contributed by atoms with van der Waals surface area (Å²) in [6.07, 6.45) is 6.17. The molecule has 3 heteroatoms. The molecule has 70 valence electrons. The second kappa shape index (κ2) is 6.83. The van der Waals surface area contributed by atoms with Gasteiger partial charge in [-0.15, -0.1) is 0 Å². The van der Waals surface area contributed by atoms with Crippen LogP contribution in [0.1, 0.15) is 39.0 Å². The molecule has 0 heterocycles. The average Bonchev–Trinajstić information content (AvgIpc) is 2.07. The number of carboxylic acid groups (broad SMARTS) is 1. The van der Waals surface area contributed by atoms with Crippen LogP contribution in [-0.4, -0.2) is 17.4 Å². The lowest BCUT2D eigenvalue weighted by Crippen LogP contribution is -2.13. The maximum Gasteiger partial charge on any atom is 0.290 e. The van der Waals surface area contributed by atoms with Crippen molar-refractivity contribution in [3.05, 3.63) is 0 Å². The molecule has 1 aliphatic carbocycles. The molecular weight excluding hydrogens is 156 g/mol. The van der Waals surface area contributed by atoms with E-state index < -0.39 is 0 Å². The minimum absolute atomic E-state index is 0.250. The van der Waals surface area contributed by atoms with Crippen LogP contribution in [0, 0.1) is 5.92 Å². The molecule has 3 nitrogen and oxygen atoms in total. The van der Waals surface area contributed by atoms with Crippen LogP contribution in [0.5, 0.6) is 0 Å². The average molecular weight is 172 g/mol. The van der Waals surface area contributed by atoms with Gasteiger partial charge in [-0.3, -0.25) is 9.59 Å². The van der Waals surface area contributed by atoms with E-state index in [2.05, 4.69) is 0 Å². The van der Waals surface area contributed by atoms with E-state index in [-0.39, 0.29) is 6.47 Å². The number of rotatable bonds is 1. The molecule has 0 bridgehead atoms. The van der Waals surface area contributed by atoms with Crippen LogP contribution in [0.15, 0.2) is 0 Å². The van der Waals surface area contributed by atoms with E-state index >= 15 is 0 Å². The van der Waals surface area contributed by atoms with E-state index in [1.807, 2.05) is 0 Å². The van der Waals surface area contributed by atoms with Crippen LogP contribution in [0.2, 0.25) is 0 Å². The van der Waals surface area contributed by atoms with E-state index in [4.69, 9.17) is 9.90 Å². The molecule has 0 aromatic heterocycles. The SMILES string of the molecule is CC(=O)C1CCCCC1.O=CO. The number of hydrogen-bond donors (Lipinski definition) is 1. The second-order valence-corrected chi connectivity index (χ2v) is 3.05. The Hall–Kier alpha value is -0.860. The predicted octanol–water partition coefficient (Wildman–Crippen LogP) is 1.86. The fourth-order valence-corrected chi connectivity index (χ4v) is 1.51. The highest BCUT2D eigenvalue weighted by Crippen LogP contribution is 2.23. The number of carbonyl (C=O) groups is 2. The summed E-state index contributed by atoms with van der Waals surface area (Å²) in [5, 5.41) is 6.89. The molecule has 0 radical (unpaired) electrons. The normalized spacial score (nSPS) is 17.4. The Morgan fingerprint density at radius 3 is 2.00 bits per heavy atom. The minimum atomic E-state index is -0.250. The molecule has 0 amide bonds. The summed E-state index contributed by atoms with van der Waals surface area (Å²) >= 11 is 0. The standard InChI is InChI=1S/C8H14O.CH2O2/c1-7(9)8-5-3-2-4-6-8;2-1-3/h8H,2-6H2,1H3;1H,(H,2,3).